The molecule has 0 atom stereocenters. The van der Waals surface area contributed by atoms with Gasteiger partial charge >= 0.3 is 0 Å². The molecule has 0 aliphatic heterocycles. The van der Waals surface area contributed by atoms with E-state index in [1.807, 2.05) is 30.3 Å². The molecule has 0 unspecified atom stereocenters. The van der Waals surface area contributed by atoms with E-state index in [2.05, 4.69) is 0 Å². The Morgan fingerprint density at radius 1 is 1.10 bits per heavy atom. The Balaban J connectivity index is 2.02. The minimum Gasteiger partial charge on any atom is -0.337 e. The van der Waals surface area contributed by atoms with Crippen molar-refractivity contribution in [3.8, 4) is 0 Å². The Morgan fingerprint density at radius 2 is 1.71 bits per heavy atom. The molecule has 110 valence electrons. The van der Waals surface area contributed by atoms with Crippen LogP contribution < -0.4 is 0 Å². The van der Waals surface area contributed by atoms with Crippen LogP contribution in [-0.4, -0.2) is 23.6 Å². The predicted octanol–water partition coefficient (Wildman–Crippen LogP) is 4.27. The van der Waals surface area contributed by atoms with Gasteiger partial charge in [0.2, 0.25) is 0 Å². The summed E-state index contributed by atoms with van der Waals surface area (Å²) in [5, 5.41) is 0. The summed E-state index contributed by atoms with van der Waals surface area (Å²) in [6.07, 6.45) is 0. The van der Waals surface area contributed by atoms with E-state index in [0.717, 1.165) is 5.56 Å². The van der Waals surface area contributed by atoms with E-state index in [9.17, 15) is 13.6 Å². The standard InChI is InChI=1S/C16H15F2NOS/c1-19(11-12-5-3-2-4-6-12)15(20)13-7-9-14(10-8-13)21-16(17)18/h2-10,16H,11H2,1H3. The van der Waals surface area contributed by atoms with Crippen molar-refractivity contribution in [1.29, 1.82) is 0 Å². The minimum absolute atomic E-state index is 0.132. The summed E-state index contributed by atoms with van der Waals surface area (Å²) in [5.74, 6) is -2.58. The lowest BCUT2D eigenvalue weighted by molar-refractivity contribution is 0.0785. The molecule has 21 heavy (non-hydrogen) atoms. The van der Waals surface area contributed by atoms with Crippen molar-refractivity contribution in [3.63, 3.8) is 0 Å². The normalized spacial score (nSPS) is 10.7. The van der Waals surface area contributed by atoms with Gasteiger partial charge in [-0.1, -0.05) is 42.1 Å². The van der Waals surface area contributed by atoms with Gasteiger partial charge in [-0.2, -0.15) is 8.78 Å². The van der Waals surface area contributed by atoms with Crippen LogP contribution in [0.25, 0.3) is 0 Å². The number of carbonyl (C=O) groups is 1. The van der Waals surface area contributed by atoms with Gasteiger partial charge in [-0.25, -0.2) is 0 Å². The van der Waals surface area contributed by atoms with E-state index in [1.165, 1.54) is 0 Å². The van der Waals surface area contributed by atoms with Crippen LogP contribution in [0.3, 0.4) is 0 Å². The van der Waals surface area contributed by atoms with Gasteiger partial charge in [-0.3, -0.25) is 4.79 Å². The summed E-state index contributed by atoms with van der Waals surface area (Å²) in [6.45, 7) is 0.507. The first-order valence-electron chi connectivity index (χ1n) is 6.40. The number of hydrogen-bond acceptors (Lipinski definition) is 2. The molecule has 0 radical (unpaired) electrons. The van der Waals surface area contributed by atoms with Crippen molar-refractivity contribution < 1.29 is 13.6 Å². The van der Waals surface area contributed by atoms with Gasteiger partial charge in [0.1, 0.15) is 0 Å². The van der Waals surface area contributed by atoms with E-state index in [0.29, 0.717) is 28.8 Å². The van der Waals surface area contributed by atoms with Crippen molar-refractivity contribution in [2.75, 3.05) is 7.05 Å². The Bertz CT molecular complexity index is 587. The Kier molecular flexibility index (Phi) is 5.33. The molecule has 0 saturated heterocycles. The molecule has 0 spiro atoms. The molecule has 2 nitrogen and oxygen atoms in total. The molecule has 0 aliphatic rings. The average molecular weight is 307 g/mol. The average Bonchev–Trinajstić information content (AvgIpc) is 2.47. The zero-order valence-corrected chi connectivity index (χ0v) is 12.3. The molecule has 0 bridgehead atoms. The molecular formula is C16H15F2NOS. The number of amides is 1. The summed E-state index contributed by atoms with van der Waals surface area (Å²) in [6, 6.07) is 15.9. The lowest BCUT2D eigenvalue weighted by Crippen LogP contribution is -2.26. The number of alkyl halides is 2. The monoisotopic (exact) mass is 307 g/mol. The number of rotatable bonds is 5. The first-order chi connectivity index (χ1) is 10.1. The first-order valence-corrected chi connectivity index (χ1v) is 7.28. The second kappa shape index (κ2) is 7.22. The minimum atomic E-state index is -2.45. The zero-order chi connectivity index (χ0) is 15.2. The maximum absolute atomic E-state index is 12.3. The maximum Gasteiger partial charge on any atom is 0.288 e. The second-order valence-corrected chi connectivity index (χ2v) is 5.61. The molecule has 2 rings (SSSR count). The SMILES string of the molecule is CN(Cc1ccccc1)C(=O)c1ccc(SC(F)F)cc1. The Labute approximate surface area is 126 Å². The van der Waals surface area contributed by atoms with E-state index >= 15 is 0 Å². The highest BCUT2D eigenvalue weighted by Gasteiger charge is 2.12. The van der Waals surface area contributed by atoms with E-state index in [4.69, 9.17) is 0 Å². The summed E-state index contributed by atoms with van der Waals surface area (Å²) >= 11 is 0.472. The summed E-state index contributed by atoms with van der Waals surface area (Å²) in [5.41, 5.74) is 1.53. The summed E-state index contributed by atoms with van der Waals surface area (Å²) in [7, 11) is 1.72. The van der Waals surface area contributed by atoms with E-state index in [1.54, 1.807) is 36.2 Å². The van der Waals surface area contributed by atoms with Crippen LogP contribution in [-0.2, 0) is 6.54 Å². The lowest BCUT2D eigenvalue weighted by atomic mass is 10.1. The zero-order valence-electron chi connectivity index (χ0n) is 11.5. The third kappa shape index (κ3) is 4.56. The number of nitrogens with zero attached hydrogens (tertiary/aromatic N) is 1. The maximum atomic E-state index is 12.3. The molecule has 0 aliphatic carbocycles. The van der Waals surface area contributed by atoms with Crippen LogP contribution in [0.4, 0.5) is 8.78 Å². The van der Waals surface area contributed by atoms with Crippen LogP contribution in [0.2, 0.25) is 0 Å². The van der Waals surface area contributed by atoms with Gasteiger partial charge in [0.05, 0.1) is 0 Å². The highest BCUT2D eigenvalue weighted by molar-refractivity contribution is 7.99. The second-order valence-electron chi connectivity index (χ2n) is 4.55. The van der Waals surface area contributed by atoms with Crippen LogP contribution in [0.15, 0.2) is 59.5 Å². The number of thioether (sulfide) groups is 1. The van der Waals surface area contributed by atoms with Gasteiger partial charge in [-0.15, -0.1) is 0 Å². The summed E-state index contributed by atoms with van der Waals surface area (Å²) in [4.78, 5) is 14.3. The smallest absolute Gasteiger partial charge is 0.288 e. The van der Waals surface area contributed by atoms with Gasteiger partial charge in [0.15, 0.2) is 0 Å². The lowest BCUT2D eigenvalue weighted by Gasteiger charge is -2.17. The van der Waals surface area contributed by atoms with Crippen LogP contribution in [0.1, 0.15) is 15.9 Å². The fraction of sp³-hybridized carbons (Fsp3) is 0.188. The highest BCUT2D eigenvalue weighted by Crippen LogP contribution is 2.25. The van der Waals surface area contributed by atoms with Crippen LogP contribution >= 0.6 is 11.8 Å². The topological polar surface area (TPSA) is 20.3 Å². The molecule has 0 N–H and O–H groups in total. The molecule has 2 aromatic rings. The quantitative estimate of drug-likeness (QED) is 0.769. The van der Waals surface area contributed by atoms with Gasteiger partial charge in [-0.05, 0) is 29.8 Å². The van der Waals surface area contributed by atoms with Crippen molar-refractivity contribution in [3.05, 3.63) is 65.7 Å². The summed E-state index contributed by atoms with van der Waals surface area (Å²) < 4.78 is 24.5. The molecule has 0 fully saturated rings. The number of halogens is 2. The molecule has 2 aromatic carbocycles. The molecule has 1 amide bonds. The molecule has 5 heteroatoms. The first kappa shape index (κ1) is 15.5. The number of carbonyl (C=O) groups excluding carboxylic acids is 1. The largest absolute Gasteiger partial charge is 0.337 e. The van der Waals surface area contributed by atoms with Crippen molar-refractivity contribution in [1.82, 2.24) is 4.90 Å². The fourth-order valence-corrected chi connectivity index (χ4v) is 2.43. The Hall–Kier alpha value is -1.88. The van der Waals surface area contributed by atoms with Crippen molar-refractivity contribution >= 4 is 17.7 Å². The highest BCUT2D eigenvalue weighted by atomic mass is 32.2. The molecule has 0 heterocycles. The van der Waals surface area contributed by atoms with Crippen molar-refractivity contribution in [2.45, 2.75) is 17.2 Å². The van der Waals surface area contributed by atoms with Gasteiger partial charge in [0, 0.05) is 24.1 Å². The van der Waals surface area contributed by atoms with Gasteiger partial charge in [0.25, 0.3) is 11.7 Å². The fourth-order valence-electron chi connectivity index (χ4n) is 1.93. The van der Waals surface area contributed by atoms with Crippen LogP contribution in [0, 0.1) is 0 Å². The number of benzene rings is 2. The molecular weight excluding hydrogens is 292 g/mol. The van der Waals surface area contributed by atoms with E-state index < -0.39 is 5.76 Å². The predicted molar refractivity (Wildman–Crippen MR) is 80.5 cm³/mol. The number of hydrogen-bond donors (Lipinski definition) is 0. The molecule has 0 aromatic heterocycles. The molecule has 0 saturated carbocycles. The van der Waals surface area contributed by atoms with Crippen LogP contribution in [0.5, 0.6) is 0 Å². The van der Waals surface area contributed by atoms with Gasteiger partial charge < -0.3 is 4.90 Å². The van der Waals surface area contributed by atoms with E-state index in [-0.39, 0.29) is 5.91 Å². The van der Waals surface area contributed by atoms with Crippen molar-refractivity contribution in [2.24, 2.45) is 0 Å². The third-order valence-electron chi connectivity index (χ3n) is 2.94. The third-order valence-corrected chi connectivity index (χ3v) is 3.66. The Morgan fingerprint density at radius 3 is 2.29 bits per heavy atom.